The van der Waals surface area contributed by atoms with Crippen molar-refractivity contribution >= 4 is 5.91 Å². The fourth-order valence-corrected chi connectivity index (χ4v) is 1.92. The van der Waals surface area contributed by atoms with Crippen LogP contribution in [0.5, 0.6) is 0 Å². The Morgan fingerprint density at radius 2 is 2.07 bits per heavy atom. The van der Waals surface area contributed by atoms with Crippen molar-refractivity contribution < 1.29 is 4.79 Å². The highest BCUT2D eigenvalue weighted by atomic mass is 16.2. The number of hydrogen-bond donors (Lipinski definition) is 2. The normalized spacial score (nSPS) is 20.5. The molecule has 3 heteroatoms. The summed E-state index contributed by atoms with van der Waals surface area (Å²) in [4.78, 5) is 11.7. The zero-order valence-corrected chi connectivity index (χ0v) is 10.2. The molecule has 1 fully saturated rings. The van der Waals surface area contributed by atoms with E-state index in [1.54, 1.807) is 0 Å². The standard InChI is InChI=1S/C12H24N2O/c1-4-10(3)13-9-11(15)14-12(5-2)7-6-8-12/h10,13H,4-9H2,1-3H3,(H,14,15). The minimum Gasteiger partial charge on any atom is -0.350 e. The molecule has 1 atom stereocenters. The Morgan fingerprint density at radius 3 is 2.47 bits per heavy atom. The van der Waals surface area contributed by atoms with Gasteiger partial charge in [0.25, 0.3) is 0 Å². The molecule has 0 radical (unpaired) electrons. The minimum absolute atomic E-state index is 0.133. The maximum absolute atomic E-state index is 11.7. The van der Waals surface area contributed by atoms with E-state index in [2.05, 4.69) is 31.4 Å². The van der Waals surface area contributed by atoms with Crippen molar-refractivity contribution in [3.63, 3.8) is 0 Å². The van der Waals surface area contributed by atoms with Crippen molar-refractivity contribution in [3.8, 4) is 0 Å². The van der Waals surface area contributed by atoms with Crippen LogP contribution in [0.25, 0.3) is 0 Å². The first kappa shape index (κ1) is 12.5. The molecule has 1 aliphatic carbocycles. The second kappa shape index (κ2) is 5.50. The quantitative estimate of drug-likeness (QED) is 0.705. The van der Waals surface area contributed by atoms with E-state index in [0.29, 0.717) is 12.6 Å². The Balaban J connectivity index is 2.23. The molecule has 0 heterocycles. The molecule has 1 saturated carbocycles. The monoisotopic (exact) mass is 212 g/mol. The molecule has 3 nitrogen and oxygen atoms in total. The van der Waals surface area contributed by atoms with Crippen LogP contribution in [0.15, 0.2) is 0 Å². The largest absolute Gasteiger partial charge is 0.350 e. The summed E-state index contributed by atoms with van der Waals surface area (Å²) in [5.41, 5.74) is 0.133. The van der Waals surface area contributed by atoms with E-state index in [1.165, 1.54) is 6.42 Å². The lowest BCUT2D eigenvalue weighted by Gasteiger charge is -2.42. The Labute approximate surface area is 93.0 Å². The number of nitrogens with one attached hydrogen (secondary N) is 2. The topological polar surface area (TPSA) is 41.1 Å². The van der Waals surface area contributed by atoms with Crippen LogP contribution in [-0.4, -0.2) is 24.0 Å². The van der Waals surface area contributed by atoms with E-state index in [4.69, 9.17) is 0 Å². The van der Waals surface area contributed by atoms with Crippen molar-refractivity contribution in [2.75, 3.05) is 6.54 Å². The fraction of sp³-hybridized carbons (Fsp3) is 0.917. The van der Waals surface area contributed by atoms with Gasteiger partial charge >= 0.3 is 0 Å². The zero-order chi connectivity index (χ0) is 11.3. The van der Waals surface area contributed by atoms with Gasteiger partial charge in [0.2, 0.25) is 5.91 Å². The minimum atomic E-state index is 0.133. The molecular weight excluding hydrogens is 188 g/mol. The van der Waals surface area contributed by atoms with Crippen LogP contribution in [-0.2, 0) is 4.79 Å². The van der Waals surface area contributed by atoms with Crippen LogP contribution >= 0.6 is 0 Å². The number of amides is 1. The van der Waals surface area contributed by atoms with Gasteiger partial charge in [-0.3, -0.25) is 4.79 Å². The summed E-state index contributed by atoms with van der Waals surface area (Å²) in [6, 6.07) is 0.426. The third kappa shape index (κ3) is 3.49. The lowest BCUT2D eigenvalue weighted by atomic mass is 9.75. The summed E-state index contributed by atoms with van der Waals surface area (Å²) >= 11 is 0. The predicted octanol–water partition coefficient (Wildman–Crippen LogP) is 1.82. The molecule has 0 aromatic rings. The van der Waals surface area contributed by atoms with Gasteiger partial charge in [-0.15, -0.1) is 0 Å². The molecule has 0 aliphatic heterocycles. The van der Waals surface area contributed by atoms with Crippen molar-refractivity contribution in [3.05, 3.63) is 0 Å². The summed E-state index contributed by atoms with van der Waals surface area (Å²) in [6.07, 6.45) is 5.68. The molecule has 1 unspecified atom stereocenters. The highest BCUT2D eigenvalue weighted by molar-refractivity contribution is 5.79. The van der Waals surface area contributed by atoms with Gasteiger partial charge in [-0.05, 0) is 39.0 Å². The van der Waals surface area contributed by atoms with E-state index >= 15 is 0 Å². The number of carbonyl (C=O) groups is 1. The summed E-state index contributed by atoms with van der Waals surface area (Å²) < 4.78 is 0. The highest BCUT2D eigenvalue weighted by Gasteiger charge is 2.36. The van der Waals surface area contributed by atoms with Crippen molar-refractivity contribution in [2.45, 2.75) is 64.5 Å². The summed E-state index contributed by atoms with van der Waals surface area (Å²) in [7, 11) is 0. The number of rotatable bonds is 6. The first-order valence-electron chi connectivity index (χ1n) is 6.16. The maximum atomic E-state index is 11.7. The van der Waals surface area contributed by atoms with Gasteiger partial charge < -0.3 is 10.6 Å². The molecule has 2 N–H and O–H groups in total. The predicted molar refractivity (Wildman–Crippen MR) is 62.8 cm³/mol. The van der Waals surface area contributed by atoms with E-state index in [0.717, 1.165) is 25.7 Å². The van der Waals surface area contributed by atoms with Gasteiger partial charge in [0, 0.05) is 11.6 Å². The summed E-state index contributed by atoms with van der Waals surface area (Å²) in [5.74, 6) is 0.150. The van der Waals surface area contributed by atoms with Crippen molar-refractivity contribution in [1.29, 1.82) is 0 Å². The molecule has 1 aliphatic rings. The Kier molecular flexibility index (Phi) is 4.58. The van der Waals surface area contributed by atoms with E-state index < -0.39 is 0 Å². The molecule has 0 aromatic carbocycles. The maximum Gasteiger partial charge on any atom is 0.234 e. The molecule has 0 saturated heterocycles. The molecule has 88 valence electrons. The average molecular weight is 212 g/mol. The van der Waals surface area contributed by atoms with Crippen molar-refractivity contribution in [1.82, 2.24) is 10.6 Å². The lowest BCUT2D eigenvalue weighted by Crippen LogP contribution is -2.55. The number of hydrogen-bond acceptors (Lipinski definition) is 2. The Hall–Kier alpha value is -0.570. The first-order valence-corrected chi connectivity index (χ1v) is 6.16. The smallest absolute Gasteiger partial charge is 0.234 e. The summed E-state index contributed by atoms with van der Waals surface area (Å²) in [5, 5.41) is 6.37. The molecule has 15 heavy (non-hydrogen) atoms. The second-order valence-corrected chi connectivity index (χ2v) is 4.73. The highest BCUT2D eigenvalue weighted by Crippen LogP contribution is 2.34. The van der Waals surface area contributed by atoms with E-state index in [1.807, 2.05) is 0 Å². The van der Waals surface area contributed by atoms with Crippen LogP contribution in [0.3, 0.4) is 0 Å². The van der Waals surface area contributed by atoms with Crippen LogP contribution in [0.1, 0.15) is 52.9 Å². The molecule has 1 amide bonds. The Bertz CT molecular complexity index is 206. The SMILES string of the molecule is CCC(C)NCC(=O)NC1(CC)CCC1. The molecule has 0 aromatic heterocycles. The van der Waals surface area contributed by atoms with Gasteiger partial charge in [-0.25, -0.2) is 0 Å². The van der Waals surface area contributed by atoms with Gasteiger partial charge in [-0.2, -0.15) is 0 Å². The summed E-state index contributed by atoms with van der Waals surface area (Å²) in [6.45, 7) is 6.83. The first-order chi connectivity index (χ1) is 7.12. The average Bonchev–Trinajstić information content (AvgIpc) is 2.20. The second-order valence-electron chi connectivity index (χ2n) is 4.73. The van der Waals surface area contributed by atoms with Gasteiger partial charge in [0.05, 0.1) is 6.54 Å². The molecule has 0 spiro atoms. The molecular formula is C12H24N2O. The number of carbonyl (C=O) groups excluding carboxylic acids is 1. The zero-order valence-electron chi connectivity index (χ0n) is 10.2. The van der Waals surface area contributed by atoms with E-state index in [9.17, 15) is 4.79 Å². The molecule has 1 rings (SSSR count). The lowest BCUT2D eigenvalue weighted by molar-refractivity contribution is -0.123. The van der Waals surface area contributed by atoms with Gasteiger partial charge in [0.15, 0.2) is 0 Å². The van der Waals surface area contributed by atoms with Crippen LogP contribution in [0.4, 0.5) is 0 Å². The fourth-order valence-electron chi connectivity index (χ4n) is 1.92. The van der Waals surface area contributed by atoms with Crippen LogP contribution < -0.4 is 10.6 Å². The van der Waals surface area contributed by atoms with Crippen LogP contribution in [0, 0.1) is 0 Å². The molecule has 0 bridgehead atoms. The third-order valence-corrected chi connectivity index (χ3v) is 3.62. The van der Waals surface area contributed by atoms with Gasteiger partial charge in [-0.1, -0.05) is 13.8 Å². The Morgan fingerprint density at radius 1 is 1.40 bits per heavy atom. The van der Waals surface area contributed by atoms with Crippen LogP contribution in [0.2, 0.25) is 0 Å². The van der Waals surface area contributed by atoms with Crippen molar-refractivity contribution in [2.24, 2.45) is 0 Å². The van der Waals surface area contributed by atoms with E-state index in [-0.39, 0.29) is 11.4 Å². The van der Waals surface area contributed by atoms with Gasteiger partial charge in [0.1, 0.15) is 0 Å². The third-order valence-electron chi connectivity index (χ3n) is 3.62.